The van der Waals surface area contributed by atoms with E-state index < -0.39 is 0 Å². The maximum Gasteiger partial charge on any atom is 0.119 e. The van der Waals surface area contributed by atoms with Crippen molar-refractivity contribution in [2.75, 3.05) is 6.61 Å². The zero-order valence-corrected chi connectivity index (χ0v) is 13.1. The van der Waals surface area contributed by atoms with E-state index in [9.17, 15) is 0 Å². The molecule has 2 aromatic carbocycles. The highest BCUT2D eigenvalue weighted by atomic mass is 79.9. The van der Waals surface area contributed by atoms with Crippen LogP contribution in [0.1, 0.15) is 35.4 Å². The minimum Gasteiger partial charge on any atom is -0.493 e. The van der Waals surface area contributed by atoms with Crippen molar-refractivity contribution in [2.24, 2.45) is 0 Å². The van der Waals surface area contributed by atoms with Crippen molar-refractivity contribution < 1.29 is 4.74 Å². The van der Waals surface area contributed by atoms with Crippen molar-refractivity contribution in [3.8, 4) is 5.75 Å². The fraction of sp³-hybridized carbons (Fsp3) is 0.333. The number of halogens is 1. The Balaban J connectivity index is 1.66. The topological polar surface area (TPSA) is 9.23 Å². The van der Waals surface area contributed by atoms with Gasteiger partial charge in [-0.05, 0) is 48.1 Å². The van der Waals surface area contributed by atoms with E-state index in [1.807, 2.05) is 0 Å². The van der Waals surface area contributed by atoms with Crippen LogP contribution in [0.5, 0.6) is 5.75 Å². The summed E-state index contributed by atoms with van der Waals surface area (Å²) in [5.41, 5.74) is 4.26. The van der Waals surface area contributed by atoms with Crippen molar-refractivity contribution in [2.45, 2.75) is 30.5 Å². The second kappa shape index (κ2) is 6.45. The van der Waals surface area contributed by atoms with Crippen LogP contribution in [0.25, 0.3) is 0 Å². The van der Waals surface area contributed by atoms with Crippen LogP contribution in [0.2, 0.25) is 0 Å². The highest BCUT2D eigenvalue weighted by Gasteiger charge is 2.20. The van der Waals surface area contributed by atoms with Crippen molar-refractivity contribution in [1.82, 2.24) is 0 Å². The lowest BCUT2D eigenvalue weighted by molar-refractivity contribution is 0.274. The smallest absolute Gasteiger partial charge is 0.119 e. The molecule has 1 nitrogen and oxygen atoms in total. The van der Waals surface area contributed by atoms with E-state index in [0.717, 1.165) is 17.7 Å². The molecule has 1 aliphatic rings. The van der Waals surface area contributed by atoms with Crippen LogP contribution in [0.15, 0.2) is 48.5 Å². The number of hydrogen-bond donors (Lipinski definition) is 0. The molecule has 0 radical (unpaired) electrons. The fourth-order valence-corrected chi connectivity index (χ4v) is 3.27. The van der Waals surface area contributed by atoms with E-state index in [0.29, 0.717) is 5.92 Å². The van der Waals surface area contributed by atoms with Crippen molar-refractivity contribution >= 4 is 15.9 Å². The summed E-state index contributed by atoms with van der Waals surface area (Å²) in [7, 11) is 0. The molecular formula is C18H19BrO. The minimum absolute atomic E-state index is 0.538. The summed E-state index contributed by atoms with van der Waals surface area (Å²) >= 11 is 3.46. The predicted octanol–water partition coefficient (Wildman–Crippen LogP) is 5.08. The summed E-state index contributed by atoms with van der Waals surface area (Å²) in [6.45, 7) is 0.782. The molecule has 0 fully saturated rings. The normalized spacial score (nSPS) is 17.6. The highest BCUT2D eigenvalue weighted by Crippen LogP contribution is 2.32. The molecule has 0 saturated carbocycles. The Morgan fingerprint density at radius 3 is 2.65 bits per heavy atom. The Hall–Kier alpha value is -1.28. The first-order chi connectivity index (χ1) is 9.86. The zero-order chi connectivity index (χ0) is 13.8. The van der Waals surface area contributed by atoms with Crippen LogP contribution in [-0.2, 0) is 11.8 Å². The molecule has 0 N–H and O–H groups in total. The van der Waals surface area contributed by atoms with Crippen molar-refractivity contribution in [3.05, 3.63) is 65.2 Å². The monoisotopic (exact) mass is 330 g/mol. The van der Waals surface area contributed by atoms with Gasteiger partial charge in [-0.25, -0.2) is 0 Å². The van der Waals surface area contributed by atoms with Gasteiger partial charge in [0.1, 0.15) is 5.75 Å². The minimum atomic E-state index is 0.538. The number of rotatable bonds is 4. The summed E-state index contributed by atoms with van der Waals surface area (Å²) in [6.07, 6.45) is 3.72. The number of hydrogen-bond acceptors (Lipinski definition) is 1. The quantitative estimate of drug-likeness (QED) is 0.710. The van der Waals surface area contributed by atoms with Crippen LogP contribution in [0.4, 0.5) is 0 Å². The Bertz CT molecular complexity index is 562. The molecule has 3 rings (SSSR count). The molecule has 0 spiro atoms. The highest BCUT2D eigenvalue weighted by molar-refractivity contribution is 9.08. The maximum atomic E-state index is 5.99. The van der Waals surface area contributed by atoms with Crippen molar-refractivity contribution in [3.63, 3.8) is 0 Å². The molecule has 1 unspecified atom stereocenters. The largest absolute Gasteiger partial charge is 0.493 e. The Morgan fingerprint density at radius 2 is 1.85 bits per heavy atom. The van der Waals surface area contributed by atoms with Crippen LogP contribution in [-0.4, -0.2) is 6.61 Å². The molecule has 2 aromatic rings. The molecule has 0 aliphatic heterocycles. The number of aryl methyl sites for hydroxylation is 1. The van der Waals surface area contributed by atoms with Gasteiger partial charge in [0.2, 0.25) is 0 Å². The van der Waals surface area contributed by atoms with Crippen LogP contribution < -0.4 is 4.74 Å². The van der Waals surface area contributed by atoms with Gasteiger partial charge in [0.05, 0.1) is 6.61 Å². The second-order valence-electron chi connectivity index (χ2n) is 5.38. The fourth-order valence-electron chi connectivity index (χ4n) is 2.90. The molecule has 20 heavy (non-hydrogen) atoms. The molecule has 1 aliphatic carbocycles. The van der Waals surface area contributed by atoms with Gasteiger partial charge < -0.3 is 4.74 Å². The predicted molar refractivity (Wildman–Crippen MR) is 86.7 cm³/mol. The molecule has 104 valence electrons. The third kappa shape index (κ3) is 3.06. The lowest BCUT2D eigenvalue weighted by Crippen LogP contribution is -2.16. The molecule has 0 saturated heterocycles. The molecule has 0 amide bonds. The summed E-state index contributed by atoms with van der Waals surface area (Å²) in [6, 6.07) is 17.1. The Labute approximate surface area is 129 Å². The first-order valence-corrected chi connectivity index (χ1v) is 8.34. The third-order valence-corrected chi connectivity index (χ3v) is 4.67. The van der Waals surface area contributed by atoms with Gasteiger partial charge >= 0.3 is 0 Å². The van der Waals surface area contributed by atoms with E-state index in [1.54, 1.807) is 0 Å². The third-order valence-electron chi connectivity index (χ3n) is 4.02. The summed E-state index contributed by atoms with van der Waals surface area (Å²) in [5, 5.41) is 0.892. The van der Waals surface area contributed by atoms with Crippen LogP contribution >= 0.6 is 15.9 Å². The zero-order valence-electron chi connectivity index (χ0n) is 11.5. The van der Waals surface area contributed by atoms with Gasteiger partial charge in [-0.3, -0.25) is 0 Å². The second-order valence-corrected chi connectivity index (χ2v) is 5.94. The summed E-state index contributed by atoms with van der Waals surface area (Å²) in [5.74, 6) is 1.51. The molecular weight excluding hydrogens is 312 g/mol. The SMILES string of the molecule is BrCc1ccc(OCC2CCCc3ccccc32)cc1. The van der Waals surface area contributed by atoms with E-state index in [4.69, 9.17) is 4.74 Å². The number of benzene rings is 2. The maximum absolute atomic E-state index is 5.99. The first-order valence-electron chi connectivity index (χ1n) is 7.22. The van der Waals surface area contributed by atoms with Crippen LogP contribution in [0, 0.1) is 0 Å². The average Bonchev–Trinajstić information content (AvgIpc) is 2.53. The molecule has 0 aromatic heterocycles. The first kappa shape index (κ1) is 13.7. The van der Waals surface area contributed by atoms with Crippen LogP contribution in [0.3, 0.4) is 0 Å². The number of alkyl halides is 1. The molecule has 0 heterocycles. The Morgan fingerprint density at radius 1 is 1.05 bits per heavy atom. The molecule has 0 bridgehead atoms. The summed E-state index contributed by atoms with van der Waals surface area (Å²) < 4.78 is 5.99. The lowest BCUT2D eigenvalue weighted by atomic mass is 9.83. The number of fused-ring (bicyclic) bond motifs is 1. The molecule has 2 heteroatoms. The van der Waals surface area contributed by atoms with E-state index >= 15 is 0 Å². The van der Waals surface area contributed by atoms with Gasteiger partial charge in [0, 0.05) is 11.2 Å². The number of ether oxygens (including phenoxy) is 1. The lowest BCUT2D eigenvalue weighted by Gasteiger charge is -2.25. The van der Waals surface area contributed by atoms with Crippen molar-refractivity contribution in [1.29, 1.82) is 0 Å². The van der Waals surface area contributed by atoms with E-state index in [-0.39, 0.29) is 0 Å². The standard InChI is InChI=1S/C18H19BrO/c19-12-14-8-10-17(11-9-14)20-13-16-6-3-5-15-4-1-2-7-18(15)16/h1-2,4,7-11,16H,3,5-6,12-13H2. The van der Waals surface area contributed by atoms with E-state index in [1.165, 1.54) is 36.0 Å². The van der Waals surface area contributed by atoms with E-state index in [2.05, 4.69) is 64.5 Å². The van der Waals surface area contributed by atoms with Gasteiger partial charge in [0.25, 0.3) is 0 Å². The summed E-state index contributed by atoms with van der Waals surface area (Å²) in [4.78, 5) is 0. The Kier molecular flexibility index (Phi) is 4.41. The van der Waals surface area contributed by atoms with Gasteiger partial charge in [-0.15, -0.1) is 0 Å². The van der Waals surface area contributed by atoms with Gasteiger partial charge in [0.15, 0.2) is 0 Å². The van der Waals surface area contributed by atoms with Gasteiger partial charge in [-0.1, -0.05) is 52.3 Å². The average molecular weight is 331 g/mol. The van der Waals surface area contributed by atoms with Gasteiger partial charge in [-0.2, -0.15) is 0 Å². The molecule has 1 atom stereocenters.